The highest BCUT2D eigenvalue weighted by molar-refractivity contribution is 7.88. The van der Waals surface area contributed by atoms with Crippen molar-refractivity contribution in [2.24, 2.45) is 0 Å². The fraction of sp³-hybridized carbons (Fsp3) is 0.263. The lowest BCUT2D eigenvalue weighted by Crippen LogP contribution is -2.52. The number of nitrogens with zero attached hydrogens (tertiary/aromatic N) is 3. The summed E-state index contributed by atoms with van der Waals surface area (Å²) in [6.45, 7) is 0.207. The molecule has 4 rings (SSSR count). The van der Waals surface area contributed by atoms with Crippen LogP contribution in [0.1, 0.15) is 11.1 Å². The van der Waals surface area contributed by atoms with Gasteiger partial charge < -0.3 is 0 Å². The lowest BCUT2D eigenvalue weighted by atomic mass is 9.95. The van der Waals surface area contributed by atoms with Crippen LogP contribution in [0.4, 0.5) is 5.13 Å². The molecule has 2 aromatic carbocycles. The number of hydrogen-bond donors (Lipinski definition) is 0. The number of likely N-dealkylation sites (N-methyl/N-ethyl adjacent to an activating group) is 1. The molecule has 0 spiro atoms. The monoisotopic (exact) mass is 401 g/mol. The number of carbonyl (C=O) groups is 1. The molecule has 6 nitrogen and oxygen atoms in total. The standard InChI is InChI=1S/C19H19N3O3S2/c1-21(19-20-15-9-5-6-10-17(15)26-19)18(23)16-11-13-7-3-4-8-14(13)12-22(16)27(2,24)25/h3-10,16H,11-12H2,1-2H3/t16-/m0/s1. The number of para-hydroxylation sites is 1. The number of fused-ring (bicyclic) bond motifs is 2. The van der Waals surface area contributed by atoms with Crippen LogP contribution in [0.25, 0.3) is 10.2 Å². The van der Waals surface area contributed by atoms with E-state index >= 15 is 0 Å². The molecule has 2 heterocycles. The maximum Gasteiger partial charge on any atom is 0.247 e. The van der Waals surface area contributed by atoms with Gasteiger partial charge in [-0.3, -0.25) is 9.69 Å². The van der Waals surface area contributed by atoms with Gasteiger partial charge in [0, 0.05) is 13.6 Å². The molecule has 0 unspecified atom stereocenters. The maximum absolute atomic E-state index is 13.2. The van der Waals surface area contributed by atoms with Crippen LogP contribution in [-0.4, -0.2) is 43.0 Å². The van der Waals surface area contributed by atoms with E-state index in [1.807, 2.05) is 48.5 Å². The number of rotatable bonds is 3. The Morgan fingerprint density at radius 2 is 1.81 bits per heavy atom. The number of amides is 1. The molecule has 3 aromatic rings. The molecule has 0 bridgehead atoms. The van der Waals surface area contributed by atoms with Gasteiger partial charge in [-0.25, -0.2) is 13.4 Å². The van der Waals surface area contributed by atoms with E-state index in [4.69, 9.17) is 0 Å². The molecule has 1 amide bonds. The second-order valence-corrected chi connectivity index (χ2v) is 9.60. The van der Waals surface area contributed by atoms with Crippen LogP contribution >= 0.6 is 11.3 Å². The molecule has 0 radical (unpaired) electrons. The van der Waals surface area contributed by atoms with Gasteiger partial charge in [-0.1, -0.05) is 47.7 Å². The van der Waals surface area contributed by atoms with E-state index in [2.05, 4.69) is 4.98 Å². The molecule has 0 aliphatic carbocycles. The van der Waals surface area contributed by atoms with E-state index in [0.717, 1.165) is 27.6 Å². The van der Waals surface area contributed by atoms with Crippen molar-refractivity contribution in [1.29, 1.82) is 0 Å². The number of anilines is 1. The first kappa shape index (κ1) is 18.1. The van der Waals surface area contributed by atoms with Crippen LogP contribution in [0, 0.1) is 0 Å². The first-order valence-corrected chi connectivity index (χ1v) is 11.2. The number of thiazole rings is 1. The van der Waals surface area contributed by atoms with E-state index in [-0.39, 0.29) is 12.5 Å². The second kappa shape index (κ2) is 6.70. The maximum atomic E-state index is 13.2. The summed E-state index contributed by atoms with van der Waals surface area (Å²) in [5, 5.41) is 0.563. The highest BCUT2D eigenvalue weighted by atomic mass is 32.2. The fourth-order valence-corrected chi connectivity index (χ4v) is 5.31. The molecule has 27 heavy (non-hydrogen) atoms. The van der Waals surface area contributed by atoms with Crippen LogP contribution in [0.15, 0.2) is 48.5 Å². The van der Waals surface area contributed by atoms with Crippen molar-refractivity contribution in [2.45, 2.75) is 19.0 Å². The van der Waals surface area contributed by atoms with Gasteiger partial charge in [0.25, 0.3) is 0 Å². The largest absolute Gasteiger partial charge is 0.290 e. The van der Waals surface area contributed by atoms with Gasteiger partial charge in [-0.05, 0) is 29.7 Å². The number of hydrogen-bond acceptors (Lipinski definition) is 5. The second-order valence-electron chi connectivity index (χ2n) is 6.66. The quantitative estimate of drug-likeness (QED) is 0.677. The normalized spacial score (nSPS) is 17.6. The lowest BCUT2D eigenvalue weighted by Gasteiger charge is -2.35. The zero-order chi connectivity index (χ0) is 19.2. The number of carbonyl (C=O) groups excluding carboxylic acids is 1. The molecule has 1 aliphatic heterocycles. The van der Waals surface area contributed by atoms with Gasteiger partial charge in [0.05, 0.1) is 16.5 Å². The molecular formula is C19H19N3O3S2. The van der Waals surface area contributed by atoms with Crippen molar-refractivity contribution < 1.29 is 13.2 Å². The number of benzene rings is 2. The summed E-state index contributed by atoms with van der Waals surface area (Å²) in [7, 11) is -1.88. The SMILES string of the molecule is CN(C(=O)[C@@H]1Cc2ccccc2CN1S(C)(=O)=O)c1nc2ccccc2s1. The van der Waals surface area contributed by atoms with Gasteiger partial charge in [0.2, 0.25) is 15.9 Å². The molecule has 1 atom stereocenters. The average Bonchev–Trinajstić information content (AvgIpc) is 3.09. The molecule has 140 valence electrons. The zero-order valence-electron chi connectivity index (χ0n) is 15.0. The Labute approximate surface area is 162 Å². The van der Waals surface area contributed by atoms with Crippen LogP contribution < -0.4 is 4.90 Å². The van der Waals surface area contributed by atoms with Crippen molar-refractivity contribution in [3.05, 3.63) is 59.7 Å². The predicted octanol–water partition coefficient (Wildman–Crippen LogP) is 2.65. The summed E-state index contributed by atoms with van der Waals surface area (Å²) < 4.78 is 27.0. The summed E-state index contributed by atoms with van der Waals surface area (Å²) >= 11 is 1.42. The van der Waals surface area contributed by atoms with Gasteiger partial charge in [-0.2, -0.15) is 4.31 Å². The van der Waals surface area contributed by atoms with Crippen LogP contribution in [0.5, 0.6) is 0 Å². The van der Waals surface area contributed by atoms with Crippen molar-refractivity contribution in [3.63, 3.8) is 0 Å². The minimum absolute atomic E-state index is 0.207. The van der Waals surface area contributed by atoms with Crippen LogP contribution in [-0.2, 0) is 27.8 Å². The van der Waals surface area contributed by atoms with E-state index < -0.39 is 16.1 Å². The smallest absolute Gasteiger partial charge is 0.247 e. The van der Waals surface area contributed by atoms with Gasteiger partial charge in [0.1, 0.15) is 6.04 Å². The number of sulfonamides is 1. The third kappa shape index (κ3) is 3.36. The minimum Gasteiger partial charge on any atom is -0.290 e. The Hall–Kier alpha value is -2.29. The highest BCUT2D eigenvalue weighted by Gasteiger charge is 2.38. The Morgan fingerprint density at radius 3 is 2.52 bits per heavy atom. The van der Waals surface area contributed by atoms with Crippen molar-refractivity contribution in [2.75, 3.05) is 18.2 Å². The Kier molecular flexibility index (Phi) is 4.49. The molecule has 0 saturated carbocycles. The molecule has 0 N–H and O–H groups in total. The molecule has 0 fully saturated rings. The Bertz CT molecular complexity index is 1090. The fourth-order valence-electron chi connectivity index (χ4n) is 3.38. The van der Waals surface area contributed by atoms with E-state index in [1.54, 1.807) is 7.05 Å². The van der Waals surface area contributed by atoms with Gasteiger partial charge >= 0.3 is 0 Å². The highest BCUT2D eigenvalue weighted by Crippen LogP contribution is 2.31. The van der Waals surface area contributed by atoms with Gasteiger partial charge in [-0.15, -0.1) is 0 Å². The summed E-state index contributed by atoms with van der Waals surface area (Å²) in [6, 6.07) is 14.6. The van der Waals surface area contributed by atoms with Gasteiger partial charge in [0.15, 0.2) is 5.13 Å². The van der Waals surface area contributed by atoms with E-state index in [9.17, 15) is 13.2 Å². The van der Waals surface area contributed by atoms with E-state index in [0.29, 0.717) is 11.6 Å². The topological polar surface area (TPSA) is 70.6 Å². The Morgan fingerprint density at radius 1 is 1.15 bits per heavy atom. The molecule has 8 heteroatoms. The minimum atomic E-state index is -3.53. The summed E-state index contributed by atoms with van der Waals surface area (Å²) in [4.78, 5) is 19.2. The van der Waals surface area contributed by atoms with E-state index in [1.165, 1.54) is 20.5 Å². The van der Waals surface area contributed by atoms with Crippen molar-refractivity contribution in [1.82, 2.24) is 9.29 Å². The molecule has 0 saturated heterocycles. The lowest BCUT2D eigenvalue weighted by molar-refractivity contribution is -0.122. The predicted molar refractivity (Wildman–Crippen MR) is 107 cm³/mol. The first-order chi connectivity index (χ1) is 12.8. The molecule has 1 aromatic heterocycles. The summed E-state index contributed by atoms with van der Waals surface area (Å²) in [6.07, 6.45) is 1.51. The third-order valence-electron chi connectivity index (χ3n) is 4.82. The first-order valence-electron chi connectivity index (χ1n) is 8.51. The molecule has 1 aliphatic rings. The number of aromatic nitrogens is 1. The third-order valence-corrected chi connectivity index (χ3v) is 7.17. The summed E-state index contributed by atoms with van der Waals surface area (Å²) in [5.41, 5.74) is 2.77. The van der Waals surface area contributed by atoms with Crippen molar-refractivity contribution in [3.8, 4) is 0 Å². The van der Waals surface area contributed by atoms with Crippen molar-refractivity contribution >= 4 is 42.6 Å². The average molecular weight is 402 g/mol. The zero-order valence-corrected chi connectivity index (χ0v) is 16.6. The summed E-state index contributed by atoms with van der Waals surface area (Å²) in [5.74, 6) is -0.269. The molecular weight excluding hydrogens is 382 g/mol. The Balaban J connectivity index is 1.69. The van der Waals surface area contributed by atoms with Crippen LogP contribution in [0.3, 0.4) is 0 Å². The van der Waals surface area contributed by atoms with Crippen LogP contribution in [0.2, 0.25) is 0 Å².